The lowest BCUT2D eigenvalue weighted by Crippen LogP contribution is -2.32. The zero-order valence-electron chi connectivity index (χ0n) is 17.8. The van der Waals surface area contributed by atoms with Gasteiger partial charge in [0.25, 0.3) is 0 Å². The molecule has 4 aromatic rings. The van der Waals surface area contributed by atoms with Crippen molar-refractivity contribution in [2.24, 2.45) is 0 Å². The molecule has 6 nitrogen and oxygen atoms in total. The number of nitrogens with zero attached hydrogens (tertiary/aromatic N) is 3. The molecule has 0 atom stereocenters. The molecule has 0 aliphatic carbocycles. The molecule has 2 aromatic heterocycles. The van der Waals surface area contributed by atoms with Crippen LogP contribution in [0.4, 0.5) is 19.0 Å². The first kappa shape index (κ1) is 22.2. The highest BCUT2D eigenvalue weighted by Crippen LogP contribution is 2.36. The number of alkyl halides is 3. The predicted octanol–water partition coefficient (Wildman–Crippen LogP) is 5.03. The number of halogens is 3. The SMILES string of the molecule is N#Cc1c(-c2ccc(C(F)(F)F)cc2)cc(NC2CCS(=O)(=O)CC2)n2c1nc1ccccc12. The molecule has 1 aliphatic heterocycles. The number of para-hydroxylation sites is 2. The van der Waals surface area contributed by atoms with E-state index in [1.54, 1.807) is 6.07 Å². The first-order valence-electron chi connectivity index (χ1n) is 10.7. The third kappa shape index (κ3) is 3.96. The van der Waals surface area contributed by atoms with E-state index in [0.717, 1.165) is 17.6 Å². The van der Waals surface area contributed by atoms with Crippen LogP contribution in [0.1, 0.15) is 24.0 Å². The number of pyridine rings is 1. The Labute approximate surface area is 193 Å². The van der Waals surface area contributed by atoms with Gasteiger partial charge >= 0.3 is 6.18 Å². The molecule has 5 rings (SSSR count). The number of sulfone groups is 1. The van der Waals surface area contributed by atoms with Crippen LogP contribution in [0.2, 0.25) is 0 Å². The molecular weight excluding hydrogens is 465 g/mol. The number of fused-ring (bicyclic) bond motifs is 3. The fourth-order valence-electron chi connectivity index (χ4n) is 4.36. The molecule has 10 heteroatoms. The summed E-state index contributed by atoms with van der Waals surface area (Å²) in [4.78, 5) is 4.63. The van der Waals surface area contributed by atoms with Gasteiger partial charge in [0.15, 0.2) is 5.65 Å². The molecule has 3 heterocycles. The Hall–Kier alpha value is -3.58. The first-order chi connectivity index (χ1) is 16.2. The van der Waals surface area contributed by atoms with E-state index in [-0.39, 0.29) is 23.1 Å². The van der Waals surface area contributed by atoms with Crippen molar-refractivity contribution in [3.63, 3.8) is 0 Å². The largest absolute Gasteiger partial charge is 0.416 e. The van der Waals surface area contributed by atoms with E-state index >= 15 is 0 Å². The van der Waals surface area contributed by atoms with Gasteiger partial charge in [0.1, 0.15) is 27.3 Å². The van der Waals surface area contributed by atoms with Crippen LogP contribution < -0.4 is 5.32 Å². The van der Waals surface area contributed by atoms with Crippen LogP contribution in [-0.4, -0.2) is 35.4 Å². The fourth-order valence-corrected chi connectivity index (χ4v) is 5.85. The molecule has 0 radical (unpaired) electrons. The van der Waals surface area contributed by atoms with Gasteiger partial charge in [-0.05, 0) is 48.7 Å². The van der Waals surface area contributed by atoms with Gasteiger partial charge in [-0.1, -0.05) is 24.3 Å². The summed E-state index contributed by atoms with van der Waals surface area (Å²) in [5.41, 5.74) is 2.18. The maximum absolute atomic E-state index is 13.1. The summed E-state index contributed by atoms with van der Waals surface area (Å²) in [6, 6.07) is 15.8. The Balaban J connectivity index is 1.69. The average Bonchev–Trinajstić information content (AvgIpc) is 3.19. The topological polar surface area (TPSA) is 87.3 Å². The van der Waals surface area contributed by atoms with Gasteiger partial charge in [-0.15, -0.1) is 0 Å². The summed E-state index contributed by atoms with van der Waals surface area (Å²) in [6.07, 6.45) is -3.59. The van der Waals surface area contributed by atoms with Crippen molar-refractivity contribution in [2.75, 3.05) is 16.8 Å². The Morgan fingerprint density at radius 1 is 1.06 bits per heavy atom. The smallest absolute Gasteiger partial charge is 0.368 e. The minimum absolute atomic E-state index is 0.0839. The lowest BCUT2D eigenvalue weighted by molar-refractivity contribution is -0.137. The lowest BCUT2D eigenvalue weighted by Gasteiger charge is -2.25. The van der Waals surface area contributed by atoms with Crippen molar-refractivity contribution in [3.8, 4) is 17.2 Å². The van der Waals surface area contributed by atoms with E-state index in [4.69, 9.17) is 0 Å². The molecule has 2 aromatic carbocycles. The monoisotopic (exact) mass is 484 g/mol. The van der Waals surface area contributed by atoms with Crippen LogP contribution in [0.5, 0.6) is 0 Å². The van der Waals surface area contributed by atoms with E-state index in [1.165, 1.54) is 12.1 Å². The van der Waals surface area contributed by atoms with Crippen LogP contribution in [0.25, 0.3) is 27.8 Å². The van der Waals surface area contributed by atoms with E-state index < -0.39 is 21.6 Å². The van der Waals surface area contributed by atoms with Crippen molar-refractivity contribution >= 4 is 32.3 Å². The second-order valence-electron chi connectivity index (χ2n) is 8.34. The maximum atomic E-state index is 13.1. The number of hydrogen-bond acceptors (Lipinski definition) is 5. The molecule has 0 saturated carbocycles. The highest BCUT2D eigenvalue weighted by atomic mass is 32.2. The van der Waals surface area contributed by atoms with Gasteiger partial charge < -0.3 is 5.32 Å². The molecule has 1 saturated heterocycles. The van der Waals surface area contributed by atoms with Crippen LogP contribution in [0.3, 0.4) is 0 Å². The summed E-state index contributed by atoms with van der Waals surface area (Å²) in [7, 11) is -3.05. The van der Waals surface area contributed by atoms with E-state index in [1.807, 2.05) is 28.7 Å². The fraction of sp³-hybridized carbons (Fsp3) is 0.250. The van der Waals surface area contributed by atoms with E-state index in [2.05, 4.69) is 16.4 Å². The van der Waals surface area contributed by atoms with Crippen molar-refractivity contribution in [1.82, 2.24) is 9.38 Å². The summed E-state index contributed by atoms with van der Waals surface area (Å²) in [6.45, 7) is 0. The standard InChI is InChI=1S/C24H19F3N4O2S/c25-24(26,27)16-7-5-15(6-8-16)18-13-22(29-17-9-11-34(32,33)12-10-17)31-21-4-2-1-3-20(21)30-23(31)19(18)14-28/h1-8,13,17,29H,9-12H2. The van der Waals surface area contributed by atoms with Gasteiger partial charge in [0.05, 0.1) is 28.1 Å². The molecule has 0 bridgehead atoms. The van der Waals surface area contributed by atoms with Crippen LogP contribution in [0.15, 0.2) is 54.6 Å². The average molecular weight is 485 g/mol. The Morgan fingerprint density at radius 2 is 1.74 bits per heavy atom. The normalized spacial score (nSPS) is 16.5. The molecule has 34 heavy (non-hydrogen) atoms. The molecule has 1 N–H and O–H groups in total. The highest BCUT2D eigenvalue weighted by Gasteiger charge is 2.30. The second kappa shape index (κ2) is 8.02. The third-order valence-corrected chi connectivity index (χ3v) is 7.83. The Kier molecular flexibility index (Phi) is 5.24. The van der Waals surface area contributed by atoms with Crippen LogP contribution in [0, 0.1) is 11.3 Å². The summed E-state index contributed by atoms with van der Waals surface area (Å²) < 4.78 is 64.7. The predicted molar refractivity (Wildman–Crippen MR) is 123 cm³/mol. The molecule has 0 unspecified atom stereocenters. The van der Waals surface area contributed by atoms with E-state index in [0.29, 0.717) is 41.0 Å². The van der Waals surface area contributed by atoms with Gasteiger partial charge in [0, 0.05) is 11.6 Å². The number of aromatic nitrogens is 2. The maximum Gasteiger partial charge on any atom is 0.416 e. The number of benzene rings is 2. The summed E-state index contributed by atoms with van der Waals surface area (Å²) in [5, 5.41) is 13.4. The number of hydrogen-bond donors (Lipinski definition) is 1. The molecular formula is C24H19F3N4O2S. The number of anilines is 1. The minimum atomic E-state index is -4.46. The van der Waals surface area contributed by atoms with Gasteiger partial charge in [-0.2, -0.15) is 18.4 Å². The summed E-state index contributed by atoms with van der Waals surface area (Å²) in [5.74, 6) is 0.767. The van der Waals surface area contributed by atoms with Crippen molar-refractivity contribution in [3.05, 3.63) is 65.7 Å². The number of imidazole rings is 1. The Bertz CT molecular complexity index is 1540. The molecule has 174 valence electrons. The molecule has 0 amide bonds. The zero-order valence-corrected chi connectivity index (χ0v) is 18.6. The van der Waals surface area contributed by atoms with Gasteiger partial charge in [-0.25, -0.2) is 13.4 Å². The van der Waals surface area contributed by atoms with Gasteiger partial charge in [0.2, 0.25) is 0 Å². The van der Waals surface area contributed by atoms with Crippen molar-refractivity contribution < 1.29 is 21.6 Å². The third-order valence-electron chi connectivity index (χ3n) is 6.12. The minimum Gasteiger partial charge on any atom is -0.368 e. The number of nitrogens with one attached hydrogen (secondary N) is 1. The van der Waals surface area contributed by atoms with Crippen molar-refractivity contribution in [2.45, 2.75) is 25.1 Å². The van der Waals surface area contributed by atoms with Crippen molar-refractivity contribution in [1.29, 1.82) is 5.26 Å². The lowest BCUT2D eigenvalue weighted by atomic mass is 9.99. The Morgan fingerprint density at radius 3 is 2.38 bits per heavy atom. The van der Waals surface area contributed by atoms with Crippen LogP contribution in [-0.2, 0) is 16.0 Å². The molecule has 1 fully saturated rings. The molecule has 0 spiro atoms. The van der Waals surface area contributed by atoms with Gasteiger partial charge in [-0.3, -0.25) is 4.40 Å². The van der Waals surface area contributed by atoms with Crippen LogP contribution >= 0.6 is 0 Å². The quantitative estimate of drug-likeness (QED) is 0.441. The molecule has 1 aliphatic rings. The second-order valence-corrected chi connectivity index (χ2v) is 10.6. The summed E-state index contributed by atoms with van der Waals surface area (Å²) >= 11 is 0. The highest BCUT2D eigenvalue weighted by molar-refractivity contribution is 7.91. The number of nitriles is 1. The number of rotatable bonds is 3. The zero-order chi connectivity index (χ0) is 24.1. The van der Waals surface area contributed by atoms with E-state index in [9.17, 15) is 26.9 Å². The first-order valence-corrected chi connectivity index (χ1v) is 12.5.